The Hall–Kier alpha value is -3.02. The Bertz CT molecular complexity index is 902. The van der Waals surface area contributed by atoms with E-state index in [0.29, 0.717) is 11.6 Å². The molecule has 1 amide bonds. The Morgan fingerprint density at radius 2 is 1.85 bits per heavy atom. The Labute approximate surface area is 159 Å². The van der Waals surface area contributed by atoms with Crippen molar-refractivity contribution in [2.24, 2.45) is 7.05 Å². The average molecular weight is 363 g/mol. The first-order valence-electron chi connectivity index (χ1n) is 9.20. The molecule has 0 spiro atoms. The highest BCUT2D eigenvalue weighted by atomic mass is 16.1. The maximum absolute atomic E-state index is 12.4. The third kappa shape index (κ3) is 5.23. The van der Waals surface area contributed by atoms with E-state index < -0.39 is 0 Å². The molecule has 3 rings (SSSR count). The minimum atomic E-state index is -0.145. The summed E-state index contributed by atoms with van der Waals surface area (Å²) >= 11 is 0. The molecule has 0 aliphatic rings. The van der Waals surface area contributed by atoms with Crippen LogP contribution < -0.4 is 5.32 Å². The fourth-order valence-corrected chi connectivity index (χ4v) is 2.80. The van der Waals surface area contributed by atoms with Gasteiger partial charge in [-0.25, -0.2) is 9.97 Å². The van der Waals surface area contributed by atoms with Crippen molar-refractivity contribution in [1.29, 1.82) is 0 Å². The fraction of sp³-hybridized carbons (Fsp3) is 0.333. The highest BCUT2D eigenvalue weighted by Crippen LogP contribution is 2.13. The number of anilines is 1. The molecule has 0 saturated carbocycles. The minimum absolute atomic E-state index is 0.145. The lowest BCUT2D eigenvalue weighted by atomic mass is 10.1. The van der Waals surface area contributed by atoms with E-state index >= 15 is 0 Å². The molecule has 0 bridgehead atoms. The molecule has 0 aliphatic heterocycles. The van der Waals surface area contributed by atoms with Crippen LogP contribution in [0, 0.1) is 0 Å². The number of carbonyl (C=O) groups is 1. The molecule has 0 fully saturated rings. The number of rotatable bonds is 7. The molecule has 0 saturated heterocycles. The summed E-state index contributed by atoms with van der Waals surface area (Å²) in [7, 11) is 1.81. The van der Waals surface area contributed by atoms with E-state index in [0.717, 1.165) is 24.2 Å². The summed E-state index contributed by atoms with van der Waals surface area (Å²) < 4.78 is 1.67. The maximum atomic E-state index is 12.4. The second kappa shape index (κ2) is 8.58. The Kier molecular flexibility index (Phi) is 5.96. The first kappa shape index (κ1) is 18.8. The highest BCUT2D eigenvalue weighted by molar-refractivity contribution is 5.90. The number of pyridine rings is 1. The number of nitrogens with zero attached hydrogens (tertiary/aromatic N) is 4. The van der Waals surface area contributed by atoms with Crippen molar-refractivity contribution in [2.75, 3.05) is 5.32 Å². The van der Waals surface area contributed by atoms with Gasteiger partial charge in [-0.15, -0.1) is 0 Å². The van der Waals surface area contributed by atoms with Crippen LogP contribution in [0.4, 0.5) is 5.82 Å². The lowest BCUT2D eigenvalue weighted by Gasteiger charge is -2.07. The van der Waals surface area contributed by atoms with Crippen LogP contribution in [-0.4, -0.2) is 25.7 Å². The maximum Gasteiger partial charge on any atom is 0.233 e. The average Bonchev–Trinajstić information content (AvgIpc) is 3.02. The predicted octanol–water partition coefficient (Wildman–Crippen LogP) is 3.30. The van der Waals surface area contributed by atoms with Gasteiger partial charge in [0.2, 0.25) is 5.91 Å². The molecule has 2 heterocycles. The van der Waals surface area contributed by atoms with Crippen LogP contribution in [0.1, 0.15) is 42.5 Å². The molecule has 0 unspecified atom stereocenters. The van der Waals surface area contributed by atoms with E-state index in [9.17, 15) is 4.79 Å². The van der Waals surface area contributed by atoms with Gasteiger partial charge >= 0.3 is 0 Å². The number of hydrogen-bond donors (Lipinski definition) is 1. The van der Waals surface area contributed by atoms with Gasteiger partial charge < -0.3 is 5.32 Å². The molecule has 6 heteroatoms. The molecule has 140 valence electrons. The van der Waals surface area contributed by atoms with E-state index in [2.05, 4.69) is 32.5 Å². The van der Waals surface area contributed by atoms with Crippen LogP contribution in [0.15, 0.2) is 48.7 Å². The minimum Gasteiger partial charge on any atom is -0.310 e. The first-order valence-corrected chi connectivity index (χ1v) is 9.20. The molecule has 1 N–H and O–H groups in total. The summed E-state index contributed by atoms with van der Waals surface area (Å²) in [5, 5.41) is 7.21. The highest BCUT2D eigenvalue weighted by Gasteiger charge is 2.14. The predicted molar refractivity (Wildman–Crippen MR) is 106 cm³/mol. The molecular formula is C21H25N5O. The zero-order chi connectivity index (χ0) is 19.2. The third-order valence-electron chi connectivity index (χ3n) is 4.34. The summed E-state index contributed by atoms with van der Waals surface area (Å²) in [5.74, 6) is 2.05. The van der Waals surface area contributed by atoms with Crippen LogP contribution in [-0.2, 0) is 31.1 Å². The first-order chi connectivity index (χ1) is 13.0. The lowest BCUT2D eigenvalue weighted by molar-refractivity contribution is -0.115. The lowest BCUT2D eigenvalue weighted by Crippen LogP contribution is -2.18. The molecule has 0 radical (unpaired) electrons. The van der Waals surface area contributed by atoms with Crippen LogP contribution in [0.25, 0.3) is 0 Å². The monoisotopic (exact) mass is 363 g/mol. The Morgan fingerprint density at radius 1 is 1.11 bits per heavy atom. The molecule has 2 aromatic heterocycles. The van der Waals surface area contributed by atoms with Gasteiger partial charge in [-0.2, -0.15) is 5.10 Å². The third-order valence-corrected chi connectivity index (χ3v) is 4.34. The SMILES string of the molecule is CC(C)c1nc(CC(=O)Nc2cc(CCc3ccccc3)ccn2)n(C)n1. The molecule has 0 atom stereocenters. The topological polar surface area (TPSA) is 72.7 Å². The molecule has 0 aliphatic carbocycles. The number of aryl methyl sites for hydroxylation is 3. The van der Waals surface area contributed by atoms with Gasteiger partial charge in [0.15, 0.2) is 5.82 Å². The van der Waals surface area contributed by atoms with Crippen molar-refractivity contribution >= 4 is 11.7 Å². The van der Waals surface area contributed by atoms with E-state index in [4.69, 9.17) is 0 Å². The van der Waals surface area contributed by atoms with Gasteiger partial charge in [0.1, 0.15) is 11.6 Å². The van der Waals surface area contributed by atoms with E-state index in [1.54, 1.807) is 10.9 Å². The summed E-state index contributed by atoms with van der Waals surface area (Å²) in [5.41, 5.74) is 2.44. The van der Waals surface area contributed by atoms with Crippen LogP contribution in [0.5, 0.6) is 0 Å². The molecule has 1 aromatic carbocycles. The van der Waals surface area contributed by atoms with Gasteiger partial charge in [-0.05, 0) is 36.1 Å². The van der Waals surface area contributed by atoms with Crippen molar-refractivity contribution in [3.8, 4) is 0 Å². The van der Waals surface area contributed by atoms with Gasteiger partial charge in [-0.1, -0.05) is 44.2 Å². The van der Waals surface area contributed by atoms with E-state index in [1.807, 2.05) is 51.2 Å². The van der Waals surface area contributed by atoms with E-state index in [1.165, 1.54) is 5.56 Å². The fourth-order valence-electron chi connectivity index (χ4n) is 2.80. The smallest absolute Gasteiger partial charge is 0.233 e. The zero-order valence-electron chi connectivity index (χ0n) is 16.0. The summed E-state index contributed by atoms with van der Waals surface area (Å²) in [6, 6.07) is 14.3. The molecule has 27 heavy (non-hydrogen) atoms. The van der Waals surface area contributed by atoms with Crippen molar-refractivity contribution in [2.45, 2.75) is 39.0 Å². The molecule has 6 nitrogen and oxygen atoms in total. The van der Waals surface area contributed by atoms with E-state index in [-0.39, 0.29) is 18.2 Å². The van der Waals surface area contributed by atoms with Crippen LogP contribution >= 0.6 is 0 Å². The van der Waals surface area contributed by atoms with Gasteiger partial charge in [0.05, 0.1) is 6.42 Å². The van der Waals surface area contributed by atoms with Crippen molar-refractivity contribution in [3.05, 3.63) is 71.4 Å². The van der Waals surface area contributed by atoms with Crippen molar-refractivity contribution < 1.29 is 4.79 Å². The van der Waals surface area contributed by atoms with Crippen molar-refractivity contribution in [3.63, 3.8) is 0 Å². The van der Waals surface area contributed by atoms with Gasteiger partial charge in [0.25, 0.3) is 0 Å². The number of hydrogen-bond acceptors (Lipinski definition) is 4. The van der Waals surface area contributed by atoms with Gasteiger partial charge in [0, 0.05) is 19.2 Å². The molecule has 3 aromatic rings. The van der Waals surface area contributed by atoms with Crippen LogP contribution in [0.2, 0.25) is 0 Å². The normalized spacial score (nSPS) is 11.0. The van der Waals surface area contributed by atoms with Crippen molar-refractivity contribution in [1.82, 2.24) is 19.7 Å². The Morgan fingerprint density at radius 3 is 2.56 bits per heavy atom. The quantitative estimate of drug-likeness (QED) is 0.699. The standard InChI is InChI=1S/C21H25N5O/c1-15(2)21-24-19(26(3)25-21)14-20(27)23-18-13-17(11-12-22-18)10-9-16-7-5-4-6-8-16/h4-8,11-13,15H,9-10,14H2,1-3H3,(H,22,23,27). The summed E-state index contributed by atoms with van der Waals surface area (Å²) in [6.07, 6.45) is 3.76. The number of carbonyl (C=O) groups excluding carboxylic acids is 1. The summed E-state index contributed by atoms with van der Waals surface area (Å²) in [6.45, 7) is 4.06. The zero-order valence-corrected chi connectivity index (χ0v) is 16.0. The molecular weight excluding hydrogens is 338 g/mol. The summed E-state index contributed by atoms with van der Waals surface area (Å²) in [4.78, 5) is 21.1. The number of amides is 1. The second-order valence-corrected chi connectivity index (χ2v) is 6.92. The number of aromatic nitrogens is 4. The second-order valence-electron chi connectivity index (χ2n) is 6.92. The number of benzene rings is 1. The van der Waals surface area contributed by atoms with Gasteiger partial charge in [-0.3, -0.25) is 9.48 Å². The largest absolute Gasteiger partial charge is 0.310 e. The Balaban J connectivity index is 1.59. The van der Waals surface area contributed by atoms with Crippen LogP contribution in [0.3, 0.4) is 0 Å². The number of nitrogens with one attached hydrogen (secondary N) is 1.